The Hall–Kier alpha value is -0.970. The molecular weight excluding hydrogens is 353 g/mol. The Balaban J connectivity index is 1.74. The monoisotopic (exact) mass is 369 g/mol. The lowest BCUT2D eigenvalue weighted by Gasteiger charge is -2.25. The molecule has 1 heterocycles. The number of amides is 2. The van der Waals surface area contributed by atoms with Crippen LogP contribution in [0.5, 0.6) is 0 Å². The van der Waals surface area contributed by atoms with Crippen LogP contribution in [0.25, 0.3) is 6.08 Å². The lowest BCUT2D eigenvalue weighted by molar-refractivity contribution is -0.123. The zero-order valence-electron chi connectivity index (χ0n) is 12.6. The van der Waals surface area contributed by atoms with Crippen molar-refractivity contribution in [2.75, 3.05) is 6.54 Å². The van der Waals surface area contributed by atoms with E-state index < -0.39 is 0 Å². The number of carbonyl (C=O) groups is 2. The highest BCUT2D eigenvalue weighted by Crippen LogP contribution is 2.35. The third kappa shape index (κ3) is 3.93. The largest absolute Gasteiger partial charge is 0.293 e. The van der Waals surface area contributed by atoms with Crippen molar-refractivity contribution in [1.29, 1.82) is 0 Å². The van der Waals surface area contributed by atoms with Crippen molar-refractivity contribution < 1.29 is 9.59 Å². The van der Waals surface area contributed by atoms with Crippen molar-refractivity contribution in [3.63, 3.8) is 0 Å². The molecule has 0 radical (unpaired) electrons. The fourth-order valence-corrected chi connectivity index (χ4v) is 4.19. The zero-order valence-corrected chi connectivity index (χ0v) is 14.9. The third-order valence-electron chi connectivity index (χ3n) is 4.28. The number of benzene rings is 1. The number of rotatable bonds is 3. The summed E-state index contributed by atoms with van der Waals surface area (Å²) >= 11 is 12.9. The van der Waals surface area contributed by atoms with Gasteiger partial charge in [-0.1, -0.05) is 48.5 Å². The van der Waals surface area contributed by atoms with Gasteiger partial charge in [-0.2, -0.15) is 0 Å². The maximum Gasteiger partial charge on any atom is 0.293 e. The van der Waals surface area contributed by atoms with Crippen LogP contribution in [0.1, 0.15) is 37.7 Å². The minimum absolute atomic E-state index is 0.174. The van der Waals surface area contributed by atoms with Crippen LogP contribution in [-0.4, -0.2) is 22.6 Å². The summed E-state index contributed by atoms with van der Waals surface area (Å²) in [6.45, 7) is 0.545. The van der Waals surface area contributed by atoms with Crippen LogP contribution in [0.3, 0.4) is 0 Å². The minimum atomic E-state index is -0.198. The predicted molar refractivity (Wildman–Crippen MR) is 95.7 cm³/mol. The minimum Gasteiger partial charge on any atom is -0.268 e. The number of thioether (sulfide) groups is 1. The average Bonchev–Trinajstić information content (AvgIpc) is 2.80. The predicted octanol–water partition coefficient (Wildman–Crippen LogP) is 5.61. The molecule has 1 saturated carbocycles. The van der Waals surface area contributed by atoms with Crippen LogP contribution in [0.4, 0.5) is 4.79 Å². The summed E-state index contributed by atoms with van der Waals surface area (Å²) < 4.78 is 0. The summed E-state index contributed by atoms with van der Waals surface area (Å²) in [6, 6.07) is 5.16. The van der Waals surface area contributed by atoms with E-state index in [2.05, 4.69) is 0 Å². The topological polar surface area (TPSA) is 37.4 Å². The van der Waals surface area contributed by atoms with E-state index in [-0.39, 0.29) is 11.1 Å². The smallest absolute Gasteiger partial charge is 0.268 e. The number of hydrogen-bond donors (Lipinski definition) is 0. The molecule has 2 amide bonds. The molecule has 3 rings (SSSR count). The van der Waals surface area contributed by atoms with Crippen LogP contribution < -0.4 is 0 Å². The second-order valence-electron chi connectivity index (χ2n) is 5.97. The van der Waals surface area contributed by atoms with E-state index in [0.29, 0.717) is 27.4 Å². The Kier molecular flexibility index (Phi) is 5.34. The fraction of sp³-hybridized carbons (Fsp3) is 0.412. The fourth-order valence-electron chi connectivity index (χ4n) is 3.04. The van der Waals surface area contributed by atoms with Gasteiger partial charge in [0, 0.05) is 6.54 Å². The first-order valence-electron chi connectivity index (χ1n) is 7.75. The second-order valence-corrected chi connectivity index (χ2v) is 7.78. The van der Waals surface area contributed by atoms with Gasteiger partial charge in [0.2, 0.25) is 0 Å². The molecular formula is C17H17Cl2NO2S. The van der Waals surface area contributed by atoms with Crippen LogP contribution in [0.2, 0.25) is 10.0 Å². The molecule has 0 N–H and O–H groups in total. The van der Waals surface area contributed by atoms with Crippen molar-refractivity contribution >= 4 is 52.2 Å². The van der Waals surface area contributed by atoms with Gasteiger partial charge in [0.1, 0.15) is 0 Å². The van der Waals surface area contributed by atoms with Gasteiger partial charge in [-0.25, -0.2) is 0 Å². The molecule has 0 bridgehead atoms. The van der Waals surface area contributed by atoms with Gasteiger partial charge in [-0.05, 0) is 54.3 Å². The van der Waals surface area contributed by atoms with Gasteiger partial charge in [0.05, 0.1) is 15.0 Å². The first-order chi connectivity index (χ1) is 11.0. The lowest BCUT2D eigenvalue weighted by atomic mass is 9.89. The molecule has 2 fully saturated rings. The molecule has 1 aromatic rings. The Morgan fingerprint density at radius 2 is 1.87 bits per heavy atom. The van der Waals surface area contributed by atoms with E-state index in [9.17, 15) is 9.59 Å². The van der Waals surface area contributed by atoms with Crippen molar-refractivity contribution in [2.24, 2.45) is 5.92 Å². The summed E-state index contributed by atoms with van der Waals surface area (Å²) in [4.78, 5) is 26.5. The number of hydrogen-bond acceptors (Lipinski definition) is 3. The van der Waals surface area contributed by atoms with Gasteiger partial charge in [-0.3, -0.25) is 14.5 Å². The molecule has 3 nitrogen and oxygen atoms in total. The maximum atomic E-state index is 12.5. The van der Waals surface area contributed by atoms with Gasteiger partial charge >= 0.3 is 0 Å². The maximum absolute atomic E-state index is 12.5. The van der Waals surface area contributed by atoms with Gasteiger partial charge in [-0.15, -0.1) is 0 Å². The Morgan fingerprint density at radius 3 is 2.57 bits per heavy atom. The van der Waals surface area contributed by atoms with Gasteiger partial charge < -0.3 is 0 Å². The Bertz CT molecular complexity index is 669. The molecule has 0 aromatic heterocycles. The standard InChI is InChI=1S/C17H17Cl2NO2S/c18-13-7-6-12(8-14(13)19)9-15-16(21)20(17(22)23-15)10-11-4-2-1-3-5-11/h6-9,11H,1-5,10H2/b15-9+. The SMILES string of the molecule is O=C1S/C(=C/c2ccc(Cl)c(Cl)c2)C(=O)N1CC1CCCCC1. The van der Waals surface area contributed by atoms with Crippen molar-refractivity contribution in [3.05, 3.63) is 38.7 Å². The highest BCUT2D eigenvalue weighted by Gasteiger charge is 2.36. The zero-order chi connectivity index (χ0) is 16.4. The summed E-state index contributed by atoms with van der Waals surface area (Å²) in [5.74, 6) is 0.248. The summed E-state index contributed by atoms with van der Waals surface area (Å²) in [6.07, 6.45) is 7.56. The molecule has 6 heteroatoms. The quantitative estimate of drug-likeness (QED) is 0.649. The third-order valence-corrected chi connectivity index (χ3v) is 5.93. The van der Waals surface area contributed by atoms with Crippen molar-refractivity contribution in [1.82, 2.24) is 4.90 Å². The Morgan fingerprint density at radius 1 is 1.13 bits per heavy atom. The summed E-state index contributed by atoms with van der Waals surface area (Å²) in [7, 11) is 0. The molecule has 2 aliphatic rings. The van der Waals surface area contributed by atoms with E-state index in [1.54, 1.807) is 24.3 Å². The van der Waals surface area contributed by atoms with E-state index in [1.165, 1.54) is 24.2 Å². The molecule has 0 spiro atoms. The van der Waals surface area contributed by atoms with Crippen LogP contribution in [-0.2, 0) is 4.79 Å². The molecule has 0 atom stereocenters. The molecule has 1 aromatic carbocycles. The van der Waals surface area contributed by atoms with Gasteiger partial charge in [0.25, 0.3) is 11.1 Å². The Labute approximate surface area is 150 Å². The highest BCUT2D eigenvalue weighted by molar-refractivity contribution is 8.18. The normalized spacial score (nSPS) is 21.5. The highest BCUT2D eigenvalue weighted by atomic mass is 35.5. The second kappa shape index (κ2) is 7.29. The lowest BCUT2D eigenvalue weighted by Crippen LogP contribution is -2.34. The van der Waals surface area contributed by atoms with Crippen LogP contribution >= 0.6 is 35.0 Å². The molecule has 0 unspecified atom stereocenters. The summed E-state index contributed by atoms with van der Waals surface area (Å²) in [5.41, 5.74) is 0.766. The number of halogens is 2. The summed E-state index contributed by atoms with van der Waals surface area (Å²) in [5, 5.41) is 0.725. The van der Waals surface area contributed by atoms with E-state index in [1.807, 2.05) is 0 Å². The number of carbonyl (C=O) groups excluding carboxylic acids is 2. The molecule has 122 valence electrons. The van der Waals surface area contributed by atoms with Gasteiger partial charge in [0.15, 0.2) is 0 Å². The molecule has 1 aliphatic carbocycles. The first kappa shape index (κ1) is 16.9. The van der Waals surface area contributed by atoms with E-state index in [4.69, 9.17) is 23.2 Å². The van der Waals surface area contributed by atoms with E-state index >= 15 is 0 Å². The number of imide groups is 1. The molecule has 1 aliphatic heterocycles. The molecule has 1 saturated heterocycles. The van der Waals surface area contributed by atoms with Crippen LogP contribution in [0.15, 0.2) is 23.1 Å². The molecule has 23 heavy (non-hydrogen) atoms. The number of nitrogens with zero attached hydrogens (tertiary/aromatic N) is 1. The average molecular weight is 370 g/mol. The first-order valence-corrected chi connectivity index (χ1v) is 9.32. The van der Waals surface area contributed by atoms with E-state index in [0.717, 1.165) is 30.2 Å². The van der Waals surface area contributed by atoms with Crippen molar-refractivity contribution in [2.45, 2.75) is 32.1 Å². The van der Waals surface area contributed by atoms with Crippen molar-refractivity contribution in [3.8, 4) is 0 Å². The van der Waals surface area contributed by atoms with Crippen LogP contribution in [0, 0.1) is 5.92 Å².